The number of hydrogen-bond acceptors (Lipinski definition) is 4. The van der Waals surface area contributed by atoms with Crippen molar-refractivity contribution in [3.8, 4) is 22.8 Å². The van der Waals surface area contributed by atoms with Crippen molar-refractivity contribution >= 4 is 34.2 Å². The van der Waals surface area contributed by atoms with Crippen molar-refractivity contribution in [2.75, 3.05) is 13.7 Å². The Labute approximate surface area is 154 Å². The lowest BCUT2D eigenvalue weighted by Crippen LogP contribution is -2.04. The van der Waals surface area contributed by atoms with Gasteiger partial charge < -0.3 is 13.9 Å². The van der Waals surface area contributed by atoms with E-state index < -0.39 is 0 Å². The topological polar surface area (TPSA) is 48.7 Å². The van der Waals surface area contributed by atoms with Gasteiger partial charge in [0.2, 0.25) is 5.43 Å². The third-order valence-corrected chi connectivity index (χ3v) is 4.16. The summed E-state index contributed by atoms with van der Waals surface area (Å²) in [6.45, 7) is 3.96. The zero-order valence-electron chi connectivity index (χ0n) is 13.3. The Morgan fingerprint density at radius 3 is 2.68 bits per heavy atom. The smallest absolute Gasteiger partial charge is 0.211 e. The van der Waals surface area contributed by atoms with Gasteiger partial charge in [0.1, 0.15) is 17.2 Å². The zero-order chi connectivity index (χ0) is 18.0. The molecule has 0 saturated heterocycles. The van der Waals surface area contributed by atoms with Gasteiger partial charge in [-0.2, -0.15) is 0 Å². The second-order valence-electron chi connectivity index (χ2n) is 5.18. The normalized spacial score (nSPS) is 10.7. The number of rotatable bonds is 5. The molecule has 0 spiro atoms. The van der Waals surface area contributed by atoms with Crippen LogP contribution in [0.4, 0.5) is 0 Å². The molecule has 0 bridgehead atoms. The summed E-state index contributed by atoms with van der Waals surface area (Å²) >= 11 is 12.2. The van der Waals surface area contributed by atoms with Gasteiger partial charge in [-0.25, -0.2) is 0 Å². The second-order valence-corrected chi connectivity index (χ2v) is 5.99. The van der Waals surface area contributed by atoms with Crippen LogP contribution in [0.15, 0.2) is 58.3 Å². The van der Waals surface area contributed by atoms with Crippen molar-refractivity contribution < 1.29 is 13.9 Å². The molecule has 4 nitrogen and oxygen atoms in total. The minimum atomic E-state index is -0.341. The van der Waals surface area contributed by atoms with Crippen molar-refractivity contribution in [3.63, 3.8) is 0 Å². The summed E-state index contributed by atoms with van der Waals surface area (Å²) in [4.78, 5) is 12.5. The maximum absolute atomic E-state index is 12.5. The molecule has 0 fully saturated rings. The van der Waals surface area contributed by atoms with Crippen molar-refractivity contribution in [1.29, 1.82) is 0 Å². The fourth-order valence-corrected chi connectivity index (χ4v) is 2.83. The Bertz CT molecular complexity index is 1010. The summed E-state index contributed by atoms with van der Waals surface area (Å²) in [5.74, 6) is 1.31. The molecule has 0 unspecified atom stereocenters. The van der Waals surface area contributed by atoms with Crippen molar-refractivity contribution in [2.24, 2.45) is 0 Å². The predicted molar refractivity (Wildman–Crippen MR) is 100 cm³/mol. The van der Waals surface area contributed by atoms with Crippen molar-refractivity contribution in [3.05, 3.63) is 69.3 Å². The van der Waals surface area contributed by atoms with Crippen LogP contribution in [-0.4, -0.2) is 13.7 Å². The summed E-state index contributed by atoms with van der Waals surface area (Å²) in [6, 6.07) is 9.98. The van der Waals surface area contributed by atoms with Crippen LogP contribution >= 0.6 is 23.2 Å². The first-order chi connectivity index (χ1) is 12.0. The van der Waals surface area contributed by atoms with Gasteiger partial charge in [0.25, 0.3) is 0 Å². The van der Waals surface area contributed by atoms with Gasteiger partial charge in [0, 0.05) is 10.6 Å². The van der Waals surface area contributed by atoms with Crippen LogP contribution in [0.1, 0.15) is 0 Å². The lowest BCUT2D eigenvalue weighted by atomic mass is 10.1. The minimum absolute atomic E-state index is 0.0171. The van der Waals surface area contributed by atoms with Crippen molar-refractivity contribution in [2.45, 2.75) is 0 Å². The molecule has 0 aliphatic rings. The van der Waals surface area contributed by atoms with Gasteiger partial charge in [-0.05, 0) is 36.4 Å². The standard InChI is InChI=1S/C19H14Cl2O4/c1-3-8-24-15-6-4-11(9-16(15)23-2)19-17(21)18(22)13-10-12(20)5-7-14(13)25-19/h3-7,9-10H,1,8H2,2H3. The van der Waals surface area contributed by atoms with Gasteiger partial charge in [-0.1, -0.05) is 35.9 Å². The van der Waals surface area contributed by atoms with E-state index in [4.69, 9.17) is 37.1 Å². The van der Waals surface area contributed by atoms with Gasteiger partial charge in [-0.15, -0.1) is 0 Å². The molecular weight excluding hydrogens is 363 g/mol. The highest BCUT2D eigenvalue weighted by atomic mass is 35.5. The lowest BCUT2D eigenvalue weighted by Gasteiger charge is -2.12. The first-order valence-electron chi connectivity index (χ1n) is 7.39. The number of benzene rings is 2. The monoisotopic (exact) mass is 376 g/mol. The fourth-order valence-electron chi connectivity index (χ4n) is 2.41. The van der Waals surface area contributed by atoms with E-state index in [-0.39, 0.29) is 16.2 Å². The second kappa shape index (κ2) is 7.21. The molecule has 3 rings (SSSR count). The number of halogens is 2. The van der Waals surface area contributed by atoms with Crippen LogP contribution in [0.25, 0.3) is 22.3 Å². The molecule has 0 amide bonds. The van der Waals surface area contributed by atoms with E-state index in [0.717, 1.165) is 0 Å². The van der Waals surface area contributed by atoms with E-state index >= 15 is 0 Å². The summed E-state index contributed by atoms with van der Waals surface area (Å²) in [6.07, 6.45) is 1.64. The quantitative estimate of drug-likeness (QED) is 0.563. The number of hydrogen-bond donors (Lipinski definition) is 0. The number of ether oxygens (including phenoxy) is 2. The molecular formula is C19H14Cl2O4. The van der Waals surface area contributed by atoms with E-state index in [1.807, 2.05) is 0 Å². The van der Waals surface area contributed by atoms with Crippen LogP contribution in [-0.2, 0) is 0 Å². The molecule has 1 heterocycles. The molecule has 1 aromatic heterocycles. The average Bonchev–Trinajstić information content (AvgIpc) is 2.63. The first-order valence-corrected chi connectivity index (χ1v) is 8.14. The summed E-state index contributed by atoms with van der Waals surface area (Å²) < 4.78 is 16.7. The third kappa shape index (κ3) is 3.36. The molecule has 0 radical (unpaired) electrons. The fraction of sp³-hybridized carbons (Fsp3) is 0.105. The Hall–Kier alpha value is -2.43. The van der Waals surface area contributed by atoms with Crippen molar-refractivity contribution in [1.82, 2.24) is 0 Å². The van der Waals surface area contributed by atoms with Gasteiger partial charge in [0.15, 0.2) is 17.3 Å². The Kier molecular flexibility index (Phi) is 5.02. The molecule has 25 heavy (non-hydrogen) atoms. The summed E-state index contributed by atoms with van der Waals surface area (Å²) in [5.41, 5.74) is 0.660. The lowest BCUT2D eigenvalue weighted by molar-refractivity contribution is 0.326. The number of methoxy groups -OCH3 is 1. The van der Waals surface area contributed by atoms with E-state index in [9.17, 15) is 4.79 Å². The molecule has 0 aliphatic carbocycles. The van der Waals surface area contributed by atoms with E-state index in [0.29, 0.717) is 39.7 Å². The van der Waals surface area contributed by atoms with Gasteiger partial charge in [0.05, 0.1) is 12.5 Å². The summed E-state index contributed by atoms with van der Waals surface area (Å²) in [5, 5.41) is 0.754. The average molecular weight is 377 g/mol. The molecule has 0 N–H and O–H groups in total. The number of fused-ring (bicyclic) bond motifs is 1. The summed E-state index contributed by atoms with van der Waals surface area (Å²) in [7, 11) is 1.53. The van der Waals surface area contributed by atoms with E-state index in [1.165, 1.54) is 13.2 Å². The van der Waals surface area contributed by atoms with Crippen LogP contribution in [0.5, 0.6) is 11.5 Å². The van der Waals surface area contributed by atoms with Crippen LogP contribution in [0.2, 0.25) is 10.0 Å². The Balaban J connectivity index is 2.16. The zero-order valence-corrected chi connectivity index (χ0v) is 14.9. The maximum Gasteiger partial charge on any atom is 0.211 e. The maximum atomic E-state index is 12.5. The highest BCUT2D eigenvalue weighted by Gasteiger charge is 2.16. The largest absolute Gasteiger partial charge is 0.493 e. The SMILES string of the molecule is C=CCOc1ccc(-c2oc3ccc(Cl)cc3c(=O)c2Cl)cc1OC. The van der Waals surface area contributed by atoms with Crippen LogP contribution < -0.4 is 14.9 Å². The minimum Gasteiger partial charge on any atom is -0.493 e. The molecule has 0 atom stereocenters. The van der Waals surface area contributed by atoms with Gasteiger partial charge >= 0.3 is 0 Å². The van der Waals surface area contributed by atoms with E-state index in [2.05, 4.69) is 6.58 Å². The Morgan fingerprint density at radius 2 is 1.96 bits per heavy atom. The molecule has 128 valence electrons. The molecule has 0 saturated carbocycles. The predicted octanol–water partition coefficient (Wildman–Crippen LogP) is 5.34. The molecule has 6 heteroatoms. The van der Waals surface area contributed by atoms with Crippen LogP contribution in [0, 0.1) is 0 Å². The first kappa shape index (κ1) is 17.4. The van der Waals surface area contributed by atoms with Gasteiger partial charge in [-0.3, -0.25) is 4.79 Å². The van der Waals surface area contributed by atoms with E-state index in [1.54, 1.807) is 36.4 Å². The third-order valence-electron chi connectivity index (χ3n) is 3.58. The molecule has 0 aliphatic heterocycles. The highest BCUT2D eigenvalue weighted by molar-refractivity contribution is 6.34. The molecule has 2 aromatic carbocycles. The Morgan fingerprint density at radius 1 is 1.16 bits per heavy atom. The highest BCUT2D eigenvalue weighted by Crippen LogP contribution is 2.36. The molecule has 3 aromatic rings. The van der Waals surface area contributed by atoms with Crippen LogP contribution in [0.3, 0.4) is 0 Å².